The fraction of sp³-hybridized carbons (Fsp3) is 1.00. The van der Waals surface area contributed by atoms with Crippen molar-refractivity contribution in [3.8, 4) is 0 Å². The number of hydrogen-bond acceptors (Lipinski definition) is 3. The zero-order chi connectivity index (χ0) is 14.0. The maximum Gasteiger partial charge on any atom is 0.0584 e. The molecule has 0 aromatic rings. The Balaban J connectivity index is 1.68. The molecule has 0 saturated heterocycles. The normalized spacial score (nSPS) is 37.7. The van der Waals surface area contributed by atoms with Gasteiger partial charge < -0.3 is 15.7 Å². The van der Waals surface area contributed by atoms with Crippen molar-refractivity contribution in [2.45, 2.75) is 59.0 Å². The first-order valence-corrected chi connectivity index (χ1v) is 8.08. The minimum absolute atomic E-state index is 0.245. The summed E-state index contributed by atoms with van der Waals surface area (Å²) in [5.74, 6) is 2.65. The van der Waals surface area contributed by atoms with E-state index in [1.54, 1.807) is 0 Å². The van der Waals surface area contributed by atoms with Crippen LogP contribution in [0, 0.1) is 23.2 Å². The van der Waals surface area contributed by atoms with E-state index < -0.39 is 0 Å². The average Bonchev–Trinajstić information content (AvgIpc) is 2.39. The van der Waals surface area contributed by atoms with Gasteiger partial charge in [-0.1, -0.05) is 27.7 Å². The molecular formula is C16H32N2O. The third-order valence-corrected chi connectivity index (χ3v) is 6.03. The molecule has 0 radical (unpaired) electrons. The largest absolute Gasteiger partial charge is 0.395 e. The summed E-state index contributed by atoms with van der Waals surface area (Å²) in [4.78, 5) is 0. The predicted molar refractivity (Wildman–Crippen MR) is 80.1 cm³/mol. The molecule has 3 nitrogen and oxygen atoms in total. The predicted octanol–water partition coefficient (Wildman–Crippen LogP) is 2.01. The first-order chi connectivity index (χ1) is 9.00. The summed E-state index contributed by atoms with van der Waals surface area (Å²) in [6.07, 6.45) is 3.80. The Morgan fingerprint density at radius 1 is 1.26 bits per heavy atom. The smallest absolute Gasteiger partial charge is 0.0584 e. The van der Waals surface area contributed by atoms with E-state index in [1.165, 1.54) is 12.8 Å². The van der Waals surface area contributed by atoms with Crippen LogP contribution in [0.1, 0.15) is 47.0 Å². The highest BCUT2D eigenvalue weighted by Crippen LogP contribution is 2.61. The summed E-state index contributed by atoms with van der Waals surface area (Å²) in [5.41, 5.74) is 0.583. The molecule has 3 heteroatoms. The van der Waals surface area contributed by atoms with Gasteiger partial charge in [0, 0.05) is 25.2 Å². The summed E-state index contributed by atoms with van der Waals surface area (Å²) < 4.78 is 0. The van der Waals surface area contributed by atoms with Crippen LogP contribution in [-0.4, -0.2) is 36.9 Å². The zero-order valence-corrected chi connectivity index (χ0v) is 13.1. The third-order valence-electron chi connectivity index (χ3n) is 6.03. The third kappa shape index (κ3) is 2.98. The lowest BCUT2D eigenvalue weighted by Gasteiger charge is -2.62. The second-order valence-electron chi connectivity index (χ2n) is 7.26. The van der Waals surface area contributed by atoms with E-state index in [0.29, 0.717) is 11.5 Å². The lowest BCUT2D eigenvalue weighted by atomic mass is 9.45. The van der Waals surface area contributed by atoms with Crippen LogP contribution in [-0.2, 0) is 0 Å². The van der Waals surface area contributed by atoms with E-state index >= 15 is 0 Å². The summed E-state index contributed by atoms with van der Waals surface area (Å²) >= 11 is 0. The van der Waals surface area contributed by atoms with Gasteiger partial charge in [0.25, 0.3) is 0 Å². The molecule has 3 aliphatic carbocycles. The number of aliphatic hydroxyl groups excluding tert-OH is 1. The van der Waals surface area contributed by atoms with Crippen LogP contribution >= 0.6 is 0 Å². The van der Waals surface area contributed by atoms with Crippen LogP contribution in [0.3, 0.4) is 0 Å². The summed E-state index contributed by atoms with van der Waals surface area (Å²) in [6.45, 7) is 11.7. The number of rotatable bonds is 7. The second-order valence-corrected chi connectivity index (χ2v) is 7.26. The minimum Gasteiger partial charge on any atom is -0.395 e. The second kappa shape index (κ2) is 6.11. The Bertz CT molecular complexity index is 288. The molecule has 5 atom stereocenters. The number of fused-ring (bicyclic) bond motifs is 2. The molecule has 1 unspecified atom stereocenters. The van der Waals surface area contributed by atoms with Crippen LogP contribution < -0.4 is 10.6 Å². The van der Waals surface area contributed by atoms with Crippen LogP contribution in [0.5, 0.6) is 0 Å². The monoisotopic (exact) mass is 268 g/mol. The molecule has 3 saturated carbocycles. The van der Waals surface area contributed by atoms with Gasteiger partial charge in [-0.25, -0.2) is 0 Å². The van der Waals surface area contributed by atoms with Crippen molar-refractivity contribution in [3.63, 3.8) is 0 Å². The van der Waals surface area contributed by atoms with Crippen molar-refractivity contribution < 1.29 is 5.11 Å². The summed E-state index contributed by atoms with van der Waals surface area (Å²) in [6, 6.07) is 0.964. The average molecular weight is 268 g/mol. The maximum absolute atomic E-state index is 9.13. The molecule has 0 heterocycles. The van der Waals surface area contributed by atoms with E-state index in [4.69, 9.17) is 5.11 Å². The minimum atomic E-state index is 0.245. The Morgan fingerprint density at radius 2 is 2.00 bits per heavy atom. The van der Waals surface area contributed by atoms with Crippen molar-refractivity contribution >= 4 is 0 Å². The quantitative estimate of drug-likeness (QED) is 0.619. The highest BCUT2D eigenvalue weighted by Gasteiger charge is 2.55. The van der Waals surface area contributed by atoms with E-state index in [-0.39, 0.29) is 12.6 Å². The molecule has 3 fully saturated rings. The van der Waals surface area contributed by atoms with Crippen molar-refractivity contribution in [3.05, 3.63) is 0 Å². The highest BCUT2D eigenvalue weighted by atomic mass is 16.3. The fourth-order valence-electron chi connectivity index (χ4n) is 4.29. The van der Waals surface area contributed by atoms with E-state index in [1.807, 2.05) is 0 Å². The highest BCUT2D eigenvalue weighted by molar-refractivity contribution is 5.06. The molecule has 3 aliphatic rings. The van der Waals surface area contributed by atoms with Gasteiger partial charge in [0.15, 0.2) is 0 Å². The van der Waals surface area contributed by atoms with Crippen LogP contribution in [0.4, 0.5) is 0 Å². The van der Waals surface area contributed by atoms with Gasteiger partial charge in [-0.2, -0.15) is 0 Å². The maximum atomic E-state index is 9.13. The molecule has 0 aromatic carbocycles. The fourth-order valence-corrected chi connectivity index (χ4v) is 4.29. The van der Waals surface area contributed by atoms with Crippen molar-refractivity contribution in [2.24, 2.45) is 23.2 Å². The van der Waals surface area contributed by atoms with Gasteiger partial charge in [-0.3, -0.25) is 0 Å². The molecule has 3 rings (SSSR count). The van der Waals surface area contributed by atoms with Gasteiger partial charge in [-0.15, -0.1) is 0 Å². The van der Waals surface area contributed by atoms with Crippen LogP contribution in [0.2, 0.25) is 0 Å². The number of nitrogens with one attached hydrogen (secondary N) is 2. The SMILES string of the molecule is CCC(CO)NCCN[C@@H]1C[C@H]2C[C@@H]([C@H]1C)C2(C)C. The Kier molecular flexibility index (Phi) is 4.91. The number of aliphatic hydroxyl groups is 1. The molecule has 112 valence electrons. The lowest BCUT2D eigenvalue weighted by Crippen LogP contribution is -2.60. The molecular weight excluding hydrogens is 236 g/mol. The topological polar surface area (TPSA) is 44.3 Å². The van der Waals surface area contributed by atoms with Gasteiger partial charge in [0.2, 0.25) is 0 Å². The zero-order valence-electron chi connectivity index (χ0n) is 13.1. The van der Waals surface area contributed by atoms with Gasteiger partial charge in [-0.05, 0) is 42.4 Å². The molecule has 0 aliphatic heterocycles. The van der Waals surface area contributed by atoms with Gasteiger partial charge in [0.05, 0.1) is 6.61 Å². The molecule has 0 amide bonds. The summed E-state index contributed by atoms with van der Waals surface area (Å²) in [7, 11) is 0. The standard InChI is InChI=1S/C16H32N2O/c1-5-13(10-19)17-6-7-18-15-9-12-8-14(11(15)2)16(12,3)4/h11-15,17-19H,5-10H2,1-4H3/t11-,12-,13?,14+,15-/m1/s1. The van der Waals surface area contributed by atoms with E-state index in [0.717, 1.165) is 37.3 Å². The molecule has 3 N–H and O–H groups in total. The Labute approximate surface area is 118 Å². The molecule has 0 aromatic heterocycles. The lowest BCUT2D eigenvalue weighted by molar-refractivity contribution is -0.114. The van der Waals surface area contributed by atoms with Crippen LogP contribution in [0.25, 0.3) is 0 Å². The number of hydrogen-bond donors (Lipinski definition) is 3. The van der Waals surface area contributed by atoms with E-state index in [2.05, 4.69) is 38.3 Å². The van der Waals surface area contributed by atoms with Crippen molar-refractivity contribution in [2.75, 3.05) is 19.7 Å². The first kappa shape index (κ1) is 15.3. The van der Waals surface area contributed by atoms with E-state index in [9.17, 15) is 0 Å². The Morgan fingerprint density at radius 3 is 2.53 bits per heavy atom. The Hall–Kier alpha value is -0.120. The summed E-state index contributed by atoms with van der Waals surface area (Å²) in [5, 5.41) is 16.3. The molecule has 0 spiro atoms. The van der Waals surface area contributed by atoms with Crippen LogP contribution in [0.15, 0.2) is 0 Å². The van der Waals surface area contributed by atoms with Crippen molar-refractivity contribution in [1.82, 2.24) is 10.6 Å². The van der Waals surface area contributed by atoms with Crippen molar-refractivity contribution in [1.29, 1.82) is 0 Å². The van der Waals surface area contributed by atoms with Gasteiger partial charge in [0.1, 0.15) is 0 Å². The molecule has 19 heavy (non-hydrogen) atoms. The first-order valence-electron chi connectivity index (χ1n) is 8.08. The molecule has 2 bridgehead atoms. The van der Waals surface area contributed by atoms with Gasteiger partial charge >= 0.3 is 0 Å².